The summed E-state index contributed by atoms with van der Waals surface area (Å²) in [5.41, 5.74) is -0.189. The van der Waals surface area contributed by atoms with Crippen LogP contribution < -0.4 is 0 Å². The van der Waals surface area contributed by atoms with Crippen LogP contribution in [0.4, 0.5) is 4.39 Å². The van der Waals surface area contributed by atoms with Crippen molar-refractivity contribution < 1.29 is 13.9 Å². The Bertz CT molecular complexity index is 259. The van der Waals surface area contributed by atoms with E-state index in [-0.39, 0.29) is 0 Å². The minimum absolute atomic E-state index is 0.332. The summed E-state index contributed by atoms with van der Waals surface area (Å²) in [7, 11) is 0. The van der Waals surface area contributed by atoms with Gasteiger partial charge in [0.1, 0.15) is 5.60 Å². The molecule has 0 spiro atoms. The lowest BCUT2D eigenvalue weighted by Crippen LogP contribution is -2.24. The van der Waals surface area contributed by atoms with E-state index in [0.717, 1.165) is 0 Å². The van der Waals surface area contributed by atoms with Crippen LogP contribution in [0.15, 0.2) is 11.4 Å². The summed E-state index contributed by atoms with van der Waals surface area (Å²) in [6, 6.07) is 0. The van der Waals surface area contributed by atoms with Crippen molar-refractivity contribution >= 4 is 5.97 Å². The van der Waals surface area contributed by atoms with E-state index in [1.165, 1.54) is 0 Å². The Labute approximate surface area is 91.5 Å². The second-order valence-corrected chi connectivity index (χ2v) is 5.19. The van der Waals surface area contributed by atoms with Crippen molar-refractivity contribution in [3.05, 3.63) is 11.4 Å². The van der Waals surface area contributed by atoms with Gasteiger partial charge in [-0.3, -0.25) is 0 Å². The number of hydrogen-bond acceptors (Lipinski definition) is 2. The summed E-state index contributed by atoms with van der Waals surface area (Å²) in [4.78, 5) is 11.3. The molecule has 0 fully saturated rings. The monoisotopic (exact) mass is 216 g/mol. The van der Waals surface area contributed by atoms with Crippen LogP contribution in [0, 0.1) is 5.92 Å². The van der Waals surface area contributed by atoms with E-state index in [1.807, 2.05) is 13.8 Å². The molecule has 0 aliphatic heterocycles. The number of hydrogen-bond donors (Lipinski definition) is 0. The van der Waals surface area contributed by atoms with Crippen LogP contribution in [0.2, 0.25) is 0 Å². The summed E-state index contributed by atoms with van der Waals surface area (Å²) < 4.78 is 18.4. The van der Waals surface area contributed by atoms with Crippen LogP contribution in [0.25, 0.3) is 0 Å². The summed E-state index contributed by atoms with van der Waals surface area (Å²) in [6.45, 7) is 10.7. The minimum Gasteiger partial charge on any atom is -0.455 e. The first-order valence-corrected chi connectivity index (χ1v) is 5.22. The Kier molecular flexibility index (Phi) is 4.98. The molecule has 0 aliphatic rings. The maximum Gasteiger partial charge on any atom is 0.367 e. The first-order chi connectivity index (χ1) is 6.63. The highest BCUT2D eigenvalue weighted by Crippen LogP contribution is 2.19. The third-order valence-corrected chi connectivity index (χ3v) is 1.67. The molecule has 0 aromatic heterocycles. The molecule has 0 radical (unpaired) electrons. The minimum atomic E-state index is -0.861. The molecule has 88 valence electrons. The van der Waals surface area contributed by atoms with Gasteiger partial charge in [0, 0.05) is 0 Å². The summed E-state index contributed by atoms with van der Waals surface area (Å²) in [6.07, 6.45) is 0.574. The highest BCUT2D eigenvalue weighted by molar-refractivity contribution is 5.87. The second-order valence-electron chi connectivity index (χ2n) is 5.19. The van der Waals surface area contributed by atoms with E-state index < -0.39 is 17.4 Å². The van der Waals surface area contributed by atoms with Crippen molar-refractivity contribution in [2.24, 2.45) is 5.92 Å². The molecule has 3 heteroatoms. The van der Waals surface area contributed by atoms with Crippen molar-refractivity contribution in [1.82, 2.24) is 0 Å². The summed E-state index contributed by atoms with van der Waals surface area (Å²) in [5.74, 6) is -1.28. The molecular weight excluding hydrogens is 195 g/mol. The molecule has 0 saturated carbocycles. The highest BCUT2D eigenvalue weighted by Gasteiger charge is 2.21. The van der Waals surface area contributed by atoms with E-state index in [4.69, 9.17) is 4.74 Å². The molecular formula is C12H21FO2. The Morgan fingerprint density at radius 1 is 1.33 bits per heavy atom. The predicted octanol–water partition coefficient (Wildman–Crippen LogP) is 3.62. The molecule has 0 heterocycles. The smallest absolute Gasteiger partial charge is 0.367 e. The summed E-state index contributed by atoms with van der Waals surface area (Å²) in [5, 5.41) is 0. The van der Waals surface area contributed by atoms with Gasteiger partial charge in [0.25, 0.3) is 0 Å². The SMILES string of the molecule is C/C(CC(C)C)=C(\F)C(=O)OC(C)(C)C. The molecule has 0 rings (SSSR count). The quantitative estimate of drug-likeness (QED) is 0.532. The number of esters is 1. The van der Waals surface area contributed by atoms with Gasteiger partial charge in [-0.1, -0.05) is 13.8 Å². The number of carbonyl (C=O) groups excluding carboxylic acids is 1. The molecule has 15 heavy (non-hydrogen) atoms. The van der Waals surface area contributed by atoms with Crippen LogP contribution in [-0.4, -0.2) is 11.6 Å². The number of rotatable bonds is 3. The number of allylic oxidation sites excluding steroid dienone is 1. The Morgan fingerprint density at radius 3 is 2.13 bits per heavy atom. The topological polar surface area (TPSA) is 26.3 Å². The van der Waals surface area contributed by atoms with Gasteiger partial charge in [0.15, 0.2) is 0 Å². The molecule has 0 bridgehead atoms. The molecule has 0 aliphatic carbocycles. The first kappa shape index (κ1) is 14.1. The van der Waals surface area contributed by atoms with Crippen LogP contribution in [-0.2, 0) is 9.53 Å². The lowest BCUT2D eigenvalue weighted by atomic mass is 10.0. The van der Waals surface area contributed by atoms with E-state index in [0.29, 0.717) is 17.9 Å². The maximum absolute atomic E-state index is 13.5. The molecule has 0 atom stereocenters. The maximum atomic E-state index is 13.5. The molecule has 0 saturated heterocycles. The molecule has 0 unspecified atom stereocenters. The molecule has 2 nitrogen and oxygen atoms in total. The van der Waals surface area contributed by atoms with Crippen LogP contribution in [0.3, 0.4) is 0 Å². The van der Waals surface area contributed by atoms with Crippen molar-refractivity contribution in [3.63, 3.8) is 0 Å². The van der Waals surface area contributed by atoms with Gasteiger partial charge in [0.05, 0.1) is 0 Å². The normalized spacial score (nSPS) is 13.9. The fraction of sp³-hybridized carbons (Fsp3) is 0.750. The lowest BCUT2D eigenvalue weighted by molar-refractivity contribution is -0.151. The van der Waals surface area contributed by atoms with Crippen molar-refractivity contribution in [2.75, 3.05) is 0 Å². The number of carbonyl (C=O) groups is 1. The predicted molar refractivity (Wildman–Crippen MR) is 59.1 cm³/mol. The van der Waals surface area contributed by atoms with Crippen LogP contribution in [0.5, 0.6) is 0 Å². The molecule has 0 aromatic carbocycles. The van der Waals surface area contributed by atoms with Gasteiger partial charge >= 0.3 is 5.97 Å². The lowest BCUT2D eigenvalue weighted by Gasteiger charge is -2.19. The zero-order valence-corrected chi connectivity index (χ0v) is 10.5. The van der Waals surface area contributed by atoms with E-state index in [1.54, 1.807) is 27.7 Å². The second kappa shape index (κ2) is 5.29. The summed E-state index contributed by atoms with van der Waals surface area (Å²) >= 11 is 0. The van der Waals surface area contributed by atoms with Gasteiger partial charge in [-0.05, 0) is 45.6 Å². The zero-order chi connectivity index (χ0) is 12.2. The highest BCUT2D eigenvalue weighted by atomic mass is 19.1. The average molecular weight is 216 g/mol. The third-order valence-electron chi connectivity index (χ3n) is 1.67. The largest absolute Gasteiger partial charge is 0.455 e. The fourth-order valence-corrected chi connectivity index (χ4v) is 1.20. The van der Waals surface area contributed by atoms with Crippen molar-refractivity contribution in [3.8, 4) is 0 Å². The van der Waals surface area contributed by atoms with Gasteiger partial charge in [0.2, 0.25) is 5.83 Å². The van der Waals surface area contributed by atoms with Gasteiger partial charge in [-0.25, -0.2) is 4.79 Å². The van der Waals surface area contributed by atoms with Crippen molar-refractivity contribution in [2.45, 2.75) is 53.6 Å². The zero-order valence-electron chi connectivity index (χ0n) is 10.5. The standard InChI is InChI=1S/C12H21FO2/c1-8(2)7-9(3)10(13)11(14)15-12(4,5)6/h8H,7H2,1-6H3/b10-9+. The molecule has 0 amide bonds. The van der Waals surface area contributed by atoms with E-state index >= 15 is 0 Å². The average Bonchev–Trinajstić information content (AvgIpc) is 1.98. The Morgan fingerprint density at radius 2 is 1.80 bits per heavy atom. The Hall–Kier alpha value is -0.860. The van der Waals surface area contributed by atoms with Crippen LogP contribution in [0.1, 0.15) is 48.0 Å². The van der Waals surface area contributed by atoms with Crippen LogP contribution >= 0.6 is 0 Å². The first-order valence-electron chi connectivity index (χ1n) is 5.22. The number of halogens is 1. The van der Waals surface area contributed by atoms with Crippen molar-refractivity contribution in [1.29, 1.82) is 0 Å². The fourth-order valence-electron chi connectivity index (χ4n) is 1.20. The van der Waals surface area contributed by atoms with Gasteiger partial charge in [-0.2, -0.15) is 4.39 Å². The Balaban J connectivity index is 4.55. The molecule has 0 aromatic rings. The van der Waals surface area contributed by atoms with Gasteiger partial charge < -0.3 is 4.74 Å². The van der Waals surface area contributed by atoms with E-state index in [2.05, 4.69) is 0 Å². The van der Waals surface area contributed by atoms with Gasteiger partial charge in [-0.15, -0.1) is 0 Å². The number of ether oxygens (including phenoxy) is 1. The van der Waals surface area contributed by atoms with E-state index in [9.17, 15) is 9.18 Å². The third kappa shape index (κ3) is 6.26. The molecule has 0 N–H and O–H groups in total.